The van der Waals surface area contributed by atoms with Crippen LogP contribution < -0.4 is 0 Å². The van der Waals surface area contributed by atoms with Crippen LogP contribution >= 0.6 is 23.2 Å². The van der Waals surface area contributed by atoms with E-state index in [1.165, 1.54) is 0 Å². The fraction of sp³-hybridized carbons (Fsp3) is 0.500. The predicted molar refractivity (Wildman–Crippen MR) is 71.8 cm³/mol. The Hall–Kier alpha value is -0.800. The van der Waals surface area contributed by atoms with E-state index in [0.29, 0.717) is 11.1 Å². The number of aromatic nitrogens is 3. The van der Waals surface area contributed by atoms with Crippen LogP contribution in [0.5, 0.6) is 0 Å². The summed E-state index contributed by atoms with van der Waals surface area (Å²) in [6.45, 7) is 6.19. The zero-order valence-electron chi connectivity index (χ0n) is 10.1. The fourth-order valence-corrected chi connectivity index (χ4v) is 2.18. The SMILES string of the molecule is CCC(C)n1c(C(C)Cl)nc2cc(Cl)cnc21. The average Bonchev–Trinajstić information content (AvgIpc) is 2.66. The van der Waals surface area contributed by atoms with Crippen molar-refractivity contribution in [3.8, 4) is 0 Å². The molecule has 2 atom stereocenters. The van der Waals surface area contributed by atoms with Gasteiger partial charge in [0.15, 0.2) is 5.65 Å². The molecular weight excluding hydrogens is 257 g/mol. The predicted octanol–water partition coefficient (Wildman–Crippen LogP) is 4.36. The van der Waals surface area contributed by atoms with Gasteiger partial charge in [-0.25, -0.2) is 9.97 Å². The van der Waals surface area contributed by atoms with Crippen LogP contribution in [0.25, 0.3) is 11.2 Å². The van der Waals surface area contributed by atoms with Crippen molar-refractivity contribution in [2.45, 2.75) is 38.6 Å². The summed E-state index contributed by atoms with van der Waals surface area (Å²) in [7, 11) is 0. The van der Waals surface area contributed by atoms with Gasteiger partial charge in [-0.15, -0.1) is 11.6 Å². The molecule has 2 aromatic heterocycles. The molecule has 0 aliphatic heterocycles. The monoisotopic (exact) mass is 271 g/mol. The number of hydrogen-bond donors (Lipinski definition) is 0. The van der Waals surface area contributed by atoms with E-state index in [9.17, 15) is 0 Å². The number of imidazole rings is 1. The van der Waals surface area contributed by atoms with Crippen molar-refractivity contribution < 1.29 is 0 Å². The number of hydrogen-bond acceptors (Lipinski definition) is 2. The molecule has 0 saturated carbocycles. The zero-order chi connectivity index (χ0) is 12.6. The Morgan fingerprint density at radius 3 is 2.71 bits per heavy atom. The second kappa shape index (κ2) is 4.83. The van der Waals surface area contributed by atoms with Crippen LogP contribution in [0, 0.1) is 0 Å². The lowest BCUT2D eigenvalue weighted by atomic mass is 10.2. The molecule has 17 heavy (non-hydrogen) atoms. The lowest BCUT2D eigenvalue weighted by Gasteiger charge is -2.16. The second-order valence-corrected chi connectivity index (χ2v) is 5.30. The third-order valence-electron chi connectivity index (χ3n) is 2.91. The van der Waals surface area contributed by atoms with E-state index < -0.39 is 0 Å². The van der Waals surface area contributed by atoms with E-state index in [0.717, 1.165) is 23.4 Å². The molecule has 0 aliphatic rings. The van der Waals surface area contributed by atoms with Crippen LogP contribution in [0.3, 0.4) is 0 Å². The van der Waals surface area contributed by atoms with E-state index in [4.69, 9.17) is 23.2 Å². The molecule has 0 saturated heterocycles. The van der Waals surface area contributed by atoms with Crippen molar-refractivity contribution in [1.29, 1.82) is 0 Å². The van der Waals surface area contributed by atoms with Gasteiger partial charge in [-0.1, -0.05) is 18.5 Å². The van der Waals surface area contributed by atoms with Crippen molar-refractivity contribution in [3.05, 3.63) is 23.1 Å². The number of pyridine rings is 1. The van der Waals surface area contributed by atoms with Gasteiger partial charge in [0.25, 0.3) is 0 Å². The van der Waals surface area contributed by atoms with Gasteiger partial charge in [-0.2, -0.15) is 0 Å². The third-order valence-corrected chi connectivity index (χ3v) is 3.31. The molecular formula is C12H15Cl2N3. The van der Waals surface area contributed by atoms with Crippen molar-refractivity contribution in [1.82, 2.24) is 14.5 Å². The summed E-state index contributed by atoms with van der Waals surface area (Å²) < 4.78 is 2.10. The van der Waals surface area contributed by atoms with E-state index in [1.54, 1.807) is 6.20 Å². The number of rotatable bonds is 3. The highest BCUT2D eigenvalue weighted by molar-refractivity contribution is 6.31. The molecule has 2 aromatic rings. The van der Waals surface area contributed by atoms with Gasteiger partial charge in [0, 0.05) is 12.2 Å². The van der Waals surface area contributed by atoms with Crippen molar-refractivity contribution in [3.63, 3.8) is 0 Å². The zero-order valence-corrected chi connectivity index (χ0v) is 11.6. The summed E-state index contributed by atoms with van der Waals surface area (Å²) in [5.74, 6) is 0.853. The third kappa shape index (κ3) is 2.26. The molecule has 0 aliphatic carbocycles. The minimum atomic E-state index is -0.142. The molecule has 0 amide bonds. The van der Waals surface area contributed by atoms with Gasteiger partial charge in [-0.05, 0) is 26.3 Å². The van der Waals surface area contributed by atoms with Crippen LogP contribution in [0.4, 0.5) is 0 Å². The first-order chi connectivity index (χ1) is 8.04. The highest BCUT2D eigenvalue weighted by Gasteiger charge is 2.19. The van der Waals surface area contributed by atoms with Gasteiger partial charge in [-0.3, -0.25) is 0 Å². The highest BCUT2D eigenvalue weighted by Crippen LogP contribution is 2.29. The lowest BCUT2D eigenvalue weighted by molar-refractivity contribution is 0.519. The summed E-state index contributed by atoms with van der Waals surface area (Å²) in [4.78, 5) is 8.89. The van der Waals surface area contributed by atoms with E-state index in [-0.39, 0.29) is 5.38 Å². The van der Waals surface area contributed by atoms with Crippen molar-refractivity contribution in [2.24, 2.45) is 0 Å². The maximum atomic E-state index is 6.18. The molecule has 0 fully saturated rings. The van der Waals surface area contributed by atoms with Gasteiger partial charge in [0.2, 0.25) is 0 Å². The summed E-state index contributed by atoms with van der Waals surface area (Å²) >= 11 is 12.1. The maximum Gasteiger partial charge on any atom is 0.160 e. The van der Waals surface area contributed by atoms with Crippen molar-refractivity contribution >= 4 is 34.4 Å². The first-order valence-electron chi connectivity index (χ1n) is 5.72. The summed E-state index contributed by atoms with van der Waals surface area (Å²) in [5, 5.41) is 0.456. The molecule has 0 N–H and O–H groups in total. The Morgan fingerprint density at radius 2 is 2.12 bits per heavy atom. The molecule has 2 unspecified atom stereocenters. The van der Waals surface area contributed by atoms with Crippen LogP contribution in [0.15, 0.2) is 12.3 Å². The molecule has 2 heterocycles. The van der Waals surface area contributed by atoms with Crippen LogP contribution in [-0.2, 0) is 0 Å². The minimum Gasteiger partial charge on any atom is -0.309 e. The summed E-state index contributed by atoms with van der Waals surface area (Å²) in [6.07, 6.45) is 2.65. The number of fused-ring (bicyclic) bond motifs is 1. The first-order valence-corrected chi connectivity index (χ1v) is 6.53. The molecule has 0 bridgehead atoms. The molecule has 0 radical (unpaired) electrons. The quantitative estimate of drug-likeness (QED) is 0.777. The number of alkyl halides is 1. The van der Waals surface area contributed by atoms with E-state index in [2.05, 4.69) is 28.4 Å². The Labute approximate surface area is 111 Å². The van der Waals surface area contributed by atoms with Gasteiger partial charge < -0.3 is 4.57 Å². The Morgan fingerprint density at radius 1 is 1.41 bits per heavy atom. The fourth-order valence-electron chi connectivity index (χ4n) is 1.87. The Kier molecular flexibility index (Phi) is 3.59. The standard InChI is InChI=1S/C12H15Cl2N3/c1-4-7(2)17-11(8(3)13)16-10-5-9(14)6-15-12(10)17/h5-8H,4H2,1-3H3. The number of nitrogens with zero attached hydrogens (tertiary/aromatic N) is 3. The van der Waals surface area contributed by atoms with Crippen molar-refractivity contribution in [2.75, 3.05) is 0 Å². The minimum absolute atomic E-state index is 0.142. The van der Waals surface area contributed by atoms with Gasteiger partial charge in [0.05, 0.1) is 10.4 Å². The van der Waals surface area contributed by atoms with Gasteiger partial charge >= 0.3 is 0 Å². The van der Waals surface area contributed by atoms with E-state index >= 15 is 0 Å². The maximum absolute atomic E-state index is 6.18. The molecule has 0 spiro atoms. The smallest absolute Gasteiger partial charge is 0.160 e. The number of halogens is 2. The molecule has 0 aromatic carbocycles. The first kappa shape index (κ1) is 12.7. The normalized spacial score (nSPS) is 15.1. The molecule has 3 nitrogen and oxygen atoms in total. The average molecular weight is 272 g/mol. The lowest BCUT2D eigenvalue weighted by Crippen LogP contribution is -2.09. The molecule has 5 heteroatoms. The molecule has 92 valence electrons. The van der Waals surface area contributed by atoms with Gasteiger partial charge in [0.1, 0.15) is 11.3 Å². The topological polar surface area (TPSA) is 30.7 Å². The van der Waals surface area contributed by atoms with Crippen LogP contribution in [-0.4, -0.2) is 14.5 Å². The second-order valence-electron chi connectivity index (χ2n) is 4.21. The summed E-state index contributed by atoms with van der Waals surface area (Å²) in [6, 6.07) is 2.15. The van der Waals surface area contributed by atoms with E-state index in [1.807, 2.05) is 13.0 Å². The van der Waals surface area contributed by atoms with Crippen LogP contribution in [0.1, 0.15) is 44.4 Å². The highest BCUT2D eigenvalue weighted by atomic mass is 35.5. The van der Waals surface area contributed by atoms with Crippen LogP contribution in [0.2, 0.25) is 5.02 Å². The Balaban J connectivity index is 2.71. The largest absolute Gasteiger partial charge is 0.309 e. The Bertz CT molecular complexity index is 534. The molecule has 2 rings (SSSR count). The summed E-state index contributed by atoms with van der Waals surface area (Å²) in [5.41, 5.74) is 1.66.